The highest BCUT2D eigenvalue weighted by Gasteiger charge is 2.31. The average Bonchev–Trinajstić information content (AvgIpc) is 2.74. The summed E-state index contributed by atoms with van der Waals surface area (Å²) in [4.78, 5) is 29.8. The van der Waals surface area contributed by atoms with Crippen LogP contribution < -0.4 is 0 Å². The van der Waals surface area contributed by atoms with E-state index in [9.17, 15) is 9.59 Å². The van der Waals surface area contributed by atoms with Crippen molar-refractivity contribution < 1.29 is 14.3 Å². The summed E-state index contributed by atoms with van der Waals surface area (Å²) < 4.78 is 5.04. The van der Waals surface area contributed by atoms with E-state index in [0.29, 0.717) is 24.3 Å². The number of nitrogens with zero attached hydrogens (tertiary/aromatic N) is 1. The molecular formula is C15H22N2O3. The average molecular weight is 278 g/mol. The molecule has 0 bridgehead atoms. The van der Waals surface area contributed by atoms with Gasteiger partial charge in [-0.05, 0) is 40.3 Å². The topological polar surface area (TPSA) is 62.4 Å². The molecule has 0 aliphatic heterocycles. The van der Waals surface area contributed by atoms with Gasteiger partial charge in [-0.2, -0.15) is 0 Å². The summed E-state index contributed by atoms with van der Waals surface area (Å²) in [5.41, 5.74) is 1.81. The molecule has 1 N–H and O–H groups in total. The maximum absolute atomic E-state index is 12.7. The minimum Gasteiger partial charge on any atom is -0.462 e. The summed E-state index contributed by atoms with van der Waals surface area (Å²) in [6, 6.07) is 0. The van der Waals surface area contributed by atoms with E-state index in [1.165, 1.54) is 0 Å². The van der Waals surface area contributed by atoms with Crippen LogP contribution in [0.3, 0.4) is 0 Å². The number of Topliss-reactive ketones (excluding diaryl/α,β-unsaturated/α-hetero) is 1. The summed E-state index contributed by atoms with van der Waals surface area (Å²) in [6.07, 6.45) is 4.24. The van der Waals surface area contributed by atoms with Crippen molar-refractivity contribution in [1.82, 2.24) is 9.88 Å². The van der Waals surface area contributed by atoms with Crippen molar-refractivity contribution in [2.45, 2.75) is 26.2 Å². The van der Waals surface area contributed by atoms with Crippen molar-refractivity contribution in [3.8, 4) is 0 Å². The van der Waals surface area contributed by atoms with Gasteiger partial charge in [0.2, 0.25) is 0 Å². The molecule has 0 saturated heterocycles. The smallest absolute Gasteiger partial charge is 0.340 e. The zero-order valence-electron chi connectivity index (χ0n) is 12.4. The minimum atomic E-state index is -0.413. The molecule has 5 heteroatoms. The number of esters is 1. The number of ketones is 1. The quantitative estimate of drug-likeness (QED) is 0.675. The molecule has 1 aliphatic rings. The lowest BCUT2D eigenvalue weighted by molar-refractivity contribution is 0.0522. The molecule has 1 aromatic heterocycles. The van der Waals surface area contributed by atoms with Crippen molar-refractivity contribution in [3.05, 3.63) is 23.0 Å². The second-order valence-corrected chi connectivity index (χ2v) is 5.49. The molecule has 1 aliphatic carbocycles. The monoisotopic (exact) mass is 278 g/mol. The van der Waals surface area contributed by atoms with Crippen LogP contribution in [-0.4, -0.2) is 48.9 Å². The first-order chi connectivity index (χ1) is 9.54. The lowest BCUT2D eigenvalue weighted by Crippen LogP contribution is -2.28. The van der Waals surface area contributed by atoms with Gasteiger partial charge in [-0.15, -0.1) is 0 Å². The SMILES string of the molecule is CCOC(=O)c1c[nH]c2c1C(=O)C(CN(C)C)CCC2. The highest BCUT2D eigenvalue weighted by atomic mass is 16.5. The number of fused-ring (bicyclic) bond motifs is 1. The number of ether oxygens (including phenoxy) is 1. The Balaban J connectivity index is 2.33. The zero-order chi connectivity index (χ0) is 14.7. The number of hydrogen-bond acceptors (Lipinski definition) is 4. The van der Waals surface area contributed by atoms with E-state index in [0.717, 1.165) is 25.0 Å². The standard InChI is InChI=1S/C15H22N2O3/c1-4-20-15(19)11-8-16-12-7-5-6-10(9-17(2)3)14(18)13(11)12/h8,10,16H,4-7,9H2,1-3H3. The maximum Gasteiger partial charge on any atom is 0.340 e. The van der Waals surface area contributed by atoms with E-state index >= 15 is 0 Å². The fourth-order valence-electron chi connectivity index (χ4n) is 2.79. The maximum atomic E-state index is 12.7. The Hall–Kier alpha value is -1.62. The molecule has 110 valence electrons. The van der Waals surface area contributed by atoms with Crippen molar-refractivity contribution in [3.63, 3.8) is 0 Å². The van der Waals surface area contributed by atoms with Gasteiger partial charge in [-0.1, -0.05) is 0 Å². The number of carbonyl (C=O) groups is 2. The van der Waals surface area contributed by atoms with Gasteiger partial charge >= 0.3 is 5.97 Å². The zero-order valence-corrected chi connectivity index (χ0v) is 12.4. The number of H-pyrrole nitrogens is 1. The third-order valence-electron chi connectivity index (χ3n) is 3.64. The van der Waals surface area contributed by atoms with E-state index in [1.54, 1.807) is 13.1 Å². The van der Waals surface area contributed by atoms with Crippen LogP contribution in [0, 0.1) is 5.92 Å². The molecule has 0 spiro atoms. The largest absolute Gasteiger partial charge is 0.462 e. The second kappa shape index (κ2) is 6.22. The molecule has 1 aromatic rings. The fraction of sp³-hybridized carbons (Fsp3) is 0.600. The van der Waals surface area contributed by atoms with Gasteiger partial charge in [0, 0.05) is 24.4 Å². The minimum absolute atomic E-state index is 0.0461. The molecule has 0 radical (unpaired) electrons. The van der Waals surface area contributed by atoms with Crippen LogP contribution in [0.4, 0.5) is 0 Å². The van der Waals surface area contributed by atoms with Gasteiger partial charge in [-0.25, -0.2) is 4.79 Å². The summed E-state index contributed by atoms with van der Waals surface area (Å²) in [6.45, 7) is 2.79. The molecule has 20 heavy (non-hydrogen) atoms. The van der Waals surface area contributed by atoms with E-state index in [-0.39, 0.29) is 11.7 Å². The summed E-state index contributed by atoms with van der Waals surface area (Å²) in [7, 11) is 3.92. The van der Waals surface area contributed by atoms with Crippen LogP contribution >= 0.6 is 0 Å². The molecule has 1 heterocycles. The molecule has 0 amide bonds. The number of aromatic amines is 1. The highest BCUT2D eigenvalue weighted by Crippen LogP contribution is 2.27. The molecular weight excluding hydrogens is 256 g/mol. The second-order valence-electron chi connectivity index (χ2n) is 5.49. The van der Waals surface area contributed by atoms with Crippen LogP contribution in [0.25, 0.3) is 0 Å². The Morgan fingerprint density at radius 2 is 2.25 bits per heavy atom. The van der Waals surface area contributed by atoms with Gasteiger partial charge in [0.05, 0.1) is 17.7 Å². The van der Waals surface area contributed by atoms with Gasteiger partial charge in [-0.3, -0.25) is 4.79 Å². The van der Waals surface area contributed by atoms with Crippen LogP contribution in [0.1, 0.15) is 46.2 Å². The predicted molar refractivity (Wildman–Crippen MR) is 76.1 cm³/mol. The number of aryl methyl sites for hydroxylation is 1. The van der Waals surface area contributed by atoms with Crippen LogP contribution in [0.15, 0.2) is 6.20 Å². The normalized spacial score (nSPS) is 18.8. The van der Waals surface area contributed by atoms with Gasteiger partial charge in [0.15, 0.2) is 5.78 Å². The number of nitrogens with one attached hydrogen (secondary N) is 1. The predicted octanol–water partition coefficient (Wildman–Crippen LogP) is 1.89. The lowest BCUT2D eigenvalue weighted by Gasteiger charge is -2.18. The Labute approximate surface area is 119 Å². The number of aromatic nitrogens is 1. The van der Waals surface area contributed by atoms with Crippen molar-refractivity contribution in [2.24, 2.45) is 5.92 Å². The molecule has 0 saturated carbocycles. The van der Waals surface area contributed by atoms with Crippen molar-refractivity contribution >= 4 is 11.8 Å². The van der Waals surface area contributed by atoms with Crippen molar-refractivity contribution in [2.75, 3.05) is 27.2 Å². The van der Waals surface area contributed by atoms with E-state index < -0.39 is 5.97 Å². The molecule has 1 unspecified atom stereocenters. The number of rotatable bonds is 4. The summed E-state index contributed by atoms with van der Waals surface area (Å²) in [5.74, 6) is -0.394. The number of hydrogen-bond donors (Lipinski definition) is 1. The van der Waals surface area contributed by atoms with Crippen LogP contribution in [-0.2, 0) is 11.2 Å². The highest BCUT2D eigenvalue weighted by molar-refractivity contribution is 6.08. The molecule has 5 nitrogen and oxygen atoms in total. The van der Waals surface area contributed by atoms with Crippen molar-refractivity contribution in [1.29, 1.82) is 0 Å². The first-order valence-corrected chi connectivity index (χ1v) is 7.10. The molecule has 2 rings (SSSR count). The third-order valence-corrected chi connectivity index (χ3v) is 3.64. The van der Waals surface area contributed by atoms with Gasteiger partial charge in [0.25, 0.3) is 0 Å². The van der Waals surface area contributed by atoms with Crippen LogP contribution in [0.2, 0.25) is 0 Å². The fourth-order valence-corrected chi connectivity index (χ4v) is 2.79. The Morgan fingerprint density at radius 3 is 2.90 bits per heavy atom. The summed E-state index contributed by atoms with van der Waals surface area (Å²) >= 11 is 0. The Bertz CT molecular complexity index is 505. The lowest BCUT2D eigenvalue weighted by atomic mass is 9.94. The molecule has 1 atom stereocenters. The number of carbonyl (C=O) groups excluding carboxylic acids is 2. The first-order valence-electron chi connectivity index (χ1n) is 7.10. The van der Waals surface area contributed by atoms with Gasteiger partial charge < -0.3 is 14.6 Å². The molecule has 0 fully saturated rings. The van der Waals surface area contributed by atoms with Gasteiger partial charge in [0.1, 0.15) is 0 Å². The van der Waals surface area contributed by atoms with E-state index in [1.807, 2.05) is 19.0 Å². The summed E-state index contributed by atoms with van der Waals surface area (Å²) in [5, 5.41) is 0. The molecule has 0 aromatic carbocycles. The first kappa shape index (κ1) is 14.8. The Kier molecular flexibility index (Phi) is 4.60. The van der Waals surface area contributed by atoms with E-state index in [2.05, 4.69) is 4.98 Å². The van der Waals surface area contributed by atoms with E-state index in [4.69, 9.17) is 4.74 Å². The van der Waals surface area contributed by atoms with Crippen LogP contribution in [0.5, 0.6) is 0 Å². The Morgan fingerprint density at radius 1 is 1.50 bits per heavy atom. The third kappa shape index (κ3) is 2.93.